The Morgan fingerprint density at radius 3 is 2.56 bits per heavy atom. The number of carbonyl (C=O) groups is 2. The van der Waals surface area contributed by atoms with E-state index in [1.165, 1.54) is 17.3 Å². The van der Waals surface area contributed by atoms with Crippen LogP contribution in [-0.2, 0) is 0 Å². The van der Waals surface area contributed by atoms with Gasteiger partial charge in [-0.2, -0.15) is 0 Å². The number of hydrogen-bond acceptors (Lipinski definition) is 4. The fraction of sp³-hybridized carbons (Fsp3) is 0.417. The lowest BCUT2D eigenvalue weighted by Crippen LogP contribution is -2.26. The highest BCUT2D eigenvalue weighted by Gasteiger charge is 2.28. The van der Waals surface area contributed by atoms with Crippen molar-refractivity contribution in [1.82, 2.24) is 9.88 Å². The van der Waals surface area contributed by atoms with Gasteiger partial charge in [0.2, 0.25) is 0 Å². The zero-order valence-electron chi connectivity index (χ0n) is 10.3. The Labute approximate surface area is 105 Å². The third-order valence-electron chi connectivity index (χ3n) is 2.61. The molecule has 18 heavy (non-hydrogen) atoms. The number of nitrogens with zero attached hydrogens (tertiary/aromatic N) is 2. The van der Waals surface area contributed by atoms with Crippen LogP contribution < -0.4 is 10.5 Å². The summed E-state index contributed by atoms with van der Waals surface area (Å²) in [5.74, 6) is -0.714. The molecule has 0 radical (unpaired) electrons. The average Bonchev–Trinajstić information content (AvgIpc) is 3.11. The summed E-state index contributed by atoms with van der Waals surface area (Å²) in [6.07, 6.45) is 4.76. The predicted molar refractivity (Wildman–Crippen MR) is 64.4 cm³/mol. The molecule has 1 aromatic heterocycles. The molecular formula is C12H15N3O3. The second-order valence-corrected chi connectivity index (χ2v) is 4.44. The molecule has 6 heteroatoms. The van der Waals surface area contributed by atoms with E-state index in [4.69, 9.17) is 10.5 Å². The normalized spacial score (nSPS) is 14.1. The van der Waals surface area contributed by atoms with Gasteiger partial charge in [-0.1, -0.05) is 0 Å². The first kappa shape index (κ1) is 12.3. The van der Waals surface area contributed by atoms with E-state index in [9.17, 15) is 9.59 Å². The molecule has 0 atom stereocenters. The summed E-state index contributed by atoms with van der Waals surface area (Å²) in [4.78, 5) is 28.8. The van der Waals surface area contributed by atoms with E-state index in [1.807, 2.05) is 0 Å². The minimum atomic E-state index is -0.682. The van der Waals surface area contributed by atoms with Crippen molar-refractivity contribution in [2.45, 2.75) is 18.9 Å². The maximum atomic E-state index is 11.9. The van der Waals surface area contributed by atoms with E-state index in [2.05, 4.69) is 4.98 Å². The number of aromatic nitrogens is 1. The molecule has 1 saturated carbocycles. The van der Waals surface area contributed by atoms with Crippen molar-refractivity contribution in [3.63, 3.8) is 0 Å². The highest BCUT2D eigenvalue weighted by atomic mass is 16.5. The van der Waals surface area contributed by atoms with Crippen LogP contribution in [0.1, 0.15) is 33.6 Å². The number of pyridine rings is 1. The molecule has 0 saturated heterocycles. The van der Waals surface area contributed by atoms with E-state index < -0.39 is 5.91 Å². The van der Waals surface area contributed by atoms with Gasteiger partial charge in [0.15, 0.2) is 5.75 Å². The van der Waals surface area contributed by atoms with Crippen molar-refractivity contribution in [2.24, 2.45) is 5.73 Å². The summed E-state index contributed by atoms with van der Waals surface area (Å²) < 4.78 is 5.55. The van der Waals surface area contributed by atoms with Crippen molar-refractivity contribution in [3.05, 3.63) is 23.5 Å². The van der Waals surface area contributed by atoms with Crippen LogP contribution in [0, 0.1) is 0 Å². The topological polar surface area (TPSA) is 85.5 Å². The molecule has 0 aliphatic heterocycles. The Morgan fingerprint density at radius 1 is 1.39 bits per heavy atom. The van der Waals surface area contributed by atoms with Crippen molar-refractivity contribution >= 4 is 11.8 Å². The van der Waals surface area contributed by atoms with Crippen molar-refractivity contribution in [3.8, 4) is 5.75 Å². The molecule has 96 valence electrons. The summed E-state index contributed by atoms with van der Waals surface area (Å²) in [5, 5.41) is 0. The summed E-state index contributed by atoms with van der Waals surface area (Å²) >= 11 is 0. The third-order valence-corrected chi connectivity index (χ3v) is 2.61. The summed E-state index contributed by atoms with van der Waals surface area (Å²) in [6, 6.07) is 0. The number of ether oxygens (including phenoxy) is 1. The molecule has 1 heterocycles. The van der Waals surface area contributed by atoms with Crippen LogP contribution in [0.15, 0.2) is 12.4 Å². The number of carbonyl (C=O) groups excluding carboxylic acids is 2. The molecule has 6 nitrogen and oxygen atoms in total. The van der Waals surface area contributed by atoms with Gasteiger partial charge in [0, 0.05) is 20.3 Å². The number of rotatable bonds is 4. The number of hydrogen-bond donors (Lipinski definition) is 1. The second kappa shape index (κ2) is 4.64. The minimum Gasteiger partial charge on any atom is -0.488 e. The zero-order chi connectivity index (χ0) is 13.3. The fourth-order valence-electron chi connectivity index (χ4n) is 1.55. The Kier molecular flexibility index (Phi) is 3.18. The molecule has 2 rings (SSSR count). The van der Waals surface area contributed by atoms with Gasteiger partial charge >= 0.3 is 0 Å². The SMILES string of the molecule is CN(C)C(=O)c1cncc(OC2CC2)c1C(N)=O. The first-order chi connectivity index (χ1) is 8.50. The molecule has 1 aliphatic rings. The lowest BCUT2D eigenvalue weighted by molar-refractivity contribution is 0.0819. The molecule has 1 fully saturated rings. The van der Waals surface area contributed by atoms with Crippen LogP contribution >= 0.6 is 0 Å². The summed E-state index contributed by atoms with van der Waals surface area (Å²) in [7, 11) is 3.20. The van der Waals surface area contributed by atoms with Crippen LogP contribution in [-0.4, -0.2) is 41.9 Å². The van der Waals surface area contributed by atoms with Gasteiger partial charge in [-0.3, -0.25) is 14.6 Å². The standard InChI is InChI=1S/C12H15N3O3/c1-15(2)12(17)8-5-14-6-9(10(8)11(13)16)18-7-3-4-7/h5-7H,3-4H2,1-2H3,(H2,13,16). The van der Waals surface area contributed by atoms with E-state index in [0.29, 0.717) is 0 Å². The minimum absolute atomic E-state index is 0.106. The third kappa shape index (κ3) is 2.42. The van der Waals surface area contributed by atoms with Gasteiger partial charge < -0.3 is 15.4 Å². The van der Waals surface area contributed by atoms with E-state index >= 15 is 0 Å². The molecule has 2 amide bonds. The van der Waals surface area contributed by atoms with E-state index in [1.54, 1.807) is 14.1 Å². The van der Waals surface area contributed by atoms with Crippen LogP contribution in [0.2, 0.25) is 0 Å². The summed E-state index contributed by atoms with van der Waals surface area (Å²) in [5.41, 5.74) is 5.61. The van der Waals surface area contributed by atoms with Crippen LogP contribution in [0.3, 0.4) is 0 Å². The van der Waals surface area contributed by atoms with Gasteiger partial charge in [0.05, 0.1) is 23.4 Å². The van der Waals surface area contributed by atoms with Crippen LogP contribution in [0.25, 0.3) is 0 Å². The van der Waals surface area contributed by atoms with Crippen LogP contribution in [0.5, 0.6) is 5.75 Å². The summed E-state index contributed by atoms with van der Waals surface area (Å²) in [6.45, 7) is 0. The zero-order valence-corrected chi connectivity index (χ0v) is 10.3. The smallest absolute Gasteiger partial charge is 0.255 e. The molecule has 2 N–H and O–H groups in total. The van der Waals surface area contributed by atoms with Crippen molar-refractivity contribution in [1.29, 1.82) is 0 Å². The second-order valence-electron chi connectivity index (χ2n) is 4.44. The lowest BCUT2D eigenvalue weighted by atomic mass is 10.1. The number of amides is 2. The molecule has 1 aromatic rings. The van der Waals surface area contributed by atoms with Gasteiger partial charge in [0.25, 0.3) is 11.8 Å². The van der Waals surface area contributed by atoms with E-state index in [0.717, 1.165) is 12.8 Å². The van der Waals surface area contributed by atoms with Crippen LogP contribution in [0.4, 0.5) is 0 Å². The largest absolute Gasteiger partial charge is 0.488 e. The fourth-order valence-corrected chi connectivity index (χ4v) is 1.55. The highest BCUT2D eigenvalue weighted by Crippen LogP contribution is 2.30. The first-order valence-corrected chi connectivity index (χ1v) is 5.67. The maximum Gasteiger partial charge on any atom is 0.255 e. The van der Waals surface area contributed by atoms with Crippen molar-refractivity contribution in [2.75, 3.05) is 14.1 Å². The average molecular weight is 249 g/mol. The van der Waals surface area contributed by atoms with Gasteiger partial charge in [-0.25, -0.2) is 0 Å². The van der Waals surface area contributed by atoms with Gasteiger partial charge in [-0.15, -0.1) is 0 Å². The quantitative estimate of drug-likeness (QED) is 0.838. The Hall–Kier alpha value is -2.11. The first-order valence-electron chi connectivity index (χ1n) is 5.67. The number of primary amides is 1. The lowest BCUT2D eigenvalue weighted by Gasteiger charge is -2.15. The van der Waals surface area contributed by atoms with E-state index in [-0.39, 0.29) is 28.9 Å². The molecule has 0 unspecified atom stereocenters. The predicted octanol–water partition coefficient (Wildman–Crippen LogP) is 0.423. The van der Waals surface area contributed by atoms with Crippen molar-refractivity contribution < 1.29 is 14.3 Å². The molecule has 0 spiro atoms. The van der Waals surface area contributed by atoms with Gasteiger partial charge in [-0.05, 0) is 12.8 Å². The Balaban J connectivity index is 2.44. The maximum absolute atomic E-state index is 11.9. The molecular weight excluding hydrogens is 234 g/mol. The highest BCUT2D eigenvalue weighted by molar-refractivity contribution is 6.08. The monoisotopic (exact) mass is 249 g/mol. The molecule has 0 aromatic carbocycles. The Bertz CT molecular complexity index is 495. The number of nitrogens with two attached hydrogens (primary N) is 1. The molecule has 0 bridgehead atoms. The Morgan fingerprint density at radius 2 is 2.06 bits per heavy atom. The molecule has 1 aliphatic carbocycles. The van der Waals surface area contributed by atoms with Gasteiger partial charge in [0.1, 0.15) is 0 Å².